The normalized spacial score (nSPS) is 10.3. The van der Waals surface area contributed by atoms with Crippen molar-refractivity contribution in [2.24, 2.45) is 0 Å². The summed E-state index contributed by atoms with van der Waals surface area (Å²) in [5.74, 6) is -1.22. The van der Waals surface area contributed by atoms with Crippen molar-refractivity contribution >= 4 is 34.0 Å². The number of nitrogens with zero attached hydrogens (tertiary/aromatic N) is 3. The van der Waals surface area contributed by atoms with Crippen molar-refractivity contribution in [2.75, 3.05) is 18.1 Å². The topological polar surface area (TPSA) is 116 Å². The van der Waals surface area contributed by atoms with Crippen LogP contribution in [0.4, 0.5) is 10.8 Å². The Labute approximate surface area is 169 Å². The van der Waals surface area contributed by atoms with E-state index in [-0.39, 0.29) is 18.0 Å². The number of carbonyl (C=O) groups excluding carboxylic acids is 2. The minimum absolute atomic E-state index is 0.00257. The Balaban J connectivity index is 1.71. The summed E-state index contributed by atoms with van der Waals surface area (Å²) in [6.07, 6.45) is 2.86. The molecule has 0 unspecified atom stereocenters. The number of nitro benzene ring substituents is 1. The summed E-state index contributed by atoms with van der Waals surface area (Å²) in [5, 5.41) is 12.9. The lowest BCUT2D eigenvalue weighted by Crippen LogP contribution is -2.34. The first-order valence-corrected chi connectivity index (χ1v) is 9.20. The maximum absolute atomic E-state index is 12.5. The summed E-state index contributed by atoms with van der Waals surface area (Å²) >= 11 is 1.22. The summed E-state index contributed by atoms with van der Waals surface area (Å²) in [6, 6.07) is 8.91. The van der Waals surface area contributed by atoms with Crippen LogP contribution < -0.4 is 4.90 Å². The van der Waals surface area contributed by atoms with Crippen LogP contribution in [0.15, 0.2) is 65.1 Å². The van der Waals surface area contributed by atoms with Crippen LogP contribution in [-0.2, 0) is 9.53 Å². The van der Waals surface area contributed by atoms with Gasteiger partial charge < -0.3 is 9.15 Å². The molecular weight excluding hydrogens is 398 g/mol. The maximum atomic E-state index is 12.5. The lowest BCUT2D eigenvalue weighted by atomic mass is 10.1. The zero-order chi connectivity index (χ0) is 20.8. The van der Waals surface area contributed by atoms with Crippen molar-refractivity contribution in [2.45, 2.75) is 0 Å². The van der Waals surface area contributed by atoms with E-state index in [1.807, 2.05) is 0 Å². The second-order valence-electron chi connectivity index (χ2n) is 5.67. The molecule has 0 saturated carbocycles. The van der Waals surface area contributed by atoms with Crippen molar-refractivity contribution in [1.82, 2.24) is 4.98 Å². The van der Waals surface area contributed by atoms with Crippen molar-refractivity contribution in [1.29, 1.82) is 0 Å². The predicted octanol–water partition coefficient (Wildman–Crippen LogP) is 3.69. The molecule has 0 aliphatic carbocycles. The largest absolute Gasteiger partial charge is 0.457 e. The fraction of sp³-hybridized carbons (Fsp3) is 0.105. The number of hydrogen-bond donors (Lipinski definition) is 0. The van der Waals surface area contributed by atoms with Crippen LogP contribution in [0.2, 0.25) is 0 Å². The third-order valence-corrected chi connectivity index (χ3v) is 4.62. The van der Waals surface area contributed by atoms with Gasteiger partial charge in [-0.2, -0.15) is 0 Å². The molecule has 1 amide bonds. The Kier molecular flexibility index (Phi) is 6.15. The standard InChI is InChI=1S/C19H15N3O6S/c1-2-9-21(17(23)11-28-18(24)16-4-3-10-27-16)19-20-15(12-29-19)13-5-7-14(8-6-13)22(25)26/h2-8,10,12H,1,9,11H2. The van der Waals surface area contributed by atoms with Gasteiger partial charge in [0.1, 0.15) is 0 Å². The Bertz CT molecular complexity index is 1030. The number of carbonyl (C=O) groups is 2. The molecule has 3 rings (SSSR count). The van der Waals surface area contributed by atoms with Gasteiger partial charge in [0.25, 0.3) is 11.6 Å². The number of hydrogen-bond acceptors (Lipinski definition) is 8. The Morgan fingerprint density at radius 1 is 1.31 bits per heavy atom. The van der Waals surface area contributed by atoms with E-state index in [1.165, 1.54) is 52.8 Å². The molecule has 0 atom stereocenters. The monoisotopic (exact) mass is 413 g/mol. The van der Waals surface area contributed by atoms with Crippen LogP contribution >= 0.6 is 11.3 Å². The van der Waals surface area contributed by atoms with Gasteiger partial charge in [-0.15, -0.1) is 17.9 Å². The van der Waals surface area contributed by atoms with Crippen molar-refractivity contribution in [3.8, 4) is 11.3 Å². The molecule has 1 aromatic carbocycles. The number of aromatic nitrogens is 1. The second kappa shape index (κ2) is 8.93. The smallest absolute Gasteiger partial charge is 0.374 e. The van der Waals surface area contributed by atoms with Gasteiger partial charge in [0.05, 0.1) is 16.9 Å². The molecule has 0 fully saturated rings. The molecule has 0 aliphatic rings. The highest BCUT2D eigenvalue weighted by Crippen LogP contribution is 2.28. The Morgan fingerprint density at radius 3 is 2.69 bits per heavy atom. The van der Waals surface area contributed by atoms with Crippen LogP contribution in [0.25, 0.3) is 11.3 Å². The van der Waals surface area contributed by atoms with Crippen LogP contribution in [0, 0.1) is 10.1 Å². The highest BCUT2D eigenvalue weighted by Gasteiger charge is 2.21. The first-order valence-electron chi connectivity index (χ1n) is 8.32. The minimum Gasteiger partial charge on any atom is -0.457 e. The van der Waals surface area contributed by atoms with Gasteiger partial charge in [0.2, 0.25) is 5.76 Å². The highest BCUT2D eigenvalue weighted by molar-refractivity contribution is 7.14. The number of benzene rings is 1. The predicted molar refractivity (Wildman–Crippen MR) is 106 cm³/mol. The first kappa shape index (κ1) is 20.0. The Hall–Kier alpha value is -3.79. The zero-order valence-electron chi connectivity index (χ0n) is 15.0. The van der Waals surface area contributed by atoms with Gasteiger partial charge >= 0.3 is 5.97 Å². The maximum Gasteiger partial charge on any atom is 0.374 e. The molecule has 10 heteroatoms. The van der Waals surface area contributed by atoms with E-state index in [0.717, 1.165) is 0 Å². The SMILES string of the molecule is C=CCN(C(=O)COC(=O)c1ccco1)c1nc(-c2ccc([N+](=O)[O-])cc2)cs1. The van der Waals surface area contributed by atoms with Gasteiger partial charge in [0, 0.05) is 29.6 Å². The van der Waals surface area contributed by atoms with E-state index in [9.17, 15) is 19.7 Å². The number of esters is 1. The minimum atomic E-state index is -0.743. The molecule has 2 aromatic heterocycles. The fourth-order valence-corrected chi connectivity index (χ4v) is 3.22. The molecule has 9 nitrogen and oxygen atoms in total. The number of amides is 1. The molecule has 0 N–H and O–H groups in total. The second-order valence-corrected chi connectivity index (χ2v) is 6.50. The van der Waals surface area contributed by atoms with Crippen LogP contribution in [-0.4, -0.2) is 34.9 Å². The zero-order valence-corrected chi connectivity index (χ0v) is 15.8. The van der Waals surface area contributed by atoms with E-state index in [1.54, 1.807) is 17.5 Å². The van der Waals surface area contributed by atoms with Crippen LogP contribution in [0.1, 0.15) is 10.6 Å². The number of nitro groups is 1. The van der Waals surface area contributed by atoms with Gasteiger partial charge in [-0.1, -0.05) is 6.08 Å². The average molecular weight is 413 g/mol. The van der Waals surface area contributed by atoms with Gasteiger partial charge in [0.15, 0.2) is 11.7 Å². The molecule has 0 saturated heterocycles. The molecule has 0 bridgehead atoms. The summed E-state index contributed by atoms with van der Waals surface area (Å²) < 4.78 is 9.91. The quantitative estimate of drug-likeness (QED) is 0.239. The van der Waals surface area contributed by atoms with E-state index in [2.05, 4.69) is 11.6 Å². The fourth-order valence-electron chi connectivity index (χ4n) is 2.36. The number of furan rings is 1. The average Bonchev–Trinajstić information content (AvgIpc) is 3.42. The summed E-state index contributed by atoms with van der Waals surface area (Å²) in [7, 11) is 0. The lowest BCUT2D eigenvalue weighted by molar-refractivity contribution is -0.384. The Morgan fingerprint density at radius 2 is 2.07 bits per heavy atom. The third kappa shape index (κ3) is 4.74. The summed E-state index contributed by atoms with van der Waals surface area (Å²) in [5.41, 5.74) is 1.22. The van der Waals surface area contributed by atoms with E-state index >= 15 is 0 Å². The number of ether oxygens (including phenoxy) is 1. The van der Waals surface area contributed by atoms with Gasteiger partial charge in [-0.3, -0.25) is 19.8 Å². The van der Waals surface area contributed by atoms with Gasteiger partial charge in [-0.25, -0.2) is 9.78 Å². The number of non-ortho nitro benzene ring substituents is 1. The van der Waals surface area contributed by atoms with E-state index < -0.39 is 23.4 Å². The number of anilines is 1. The molecule has 0 spiro atoms. The molecule has 29 heavy (non-hydrogen) atoms. The number of rotatable bonds is 8. The van der Waals surface area contributed by atoms with Crippen molar-refractivity contribution < 1.29 is 23.7 Å². The molecule has 3 aromatic rings. The van der Waals surface area contributed by atoms with E-state index in [4.69, 9.17) is 9.15 Å². The summed E-state index contributed by atoms with van der Waals surface area (Å²) in [4.78, 5) is 40.4. The van der Waals surface area contributed by atoms with Crippen LogP contribution in [0.5, 0.6) is 0 Å². The highest BCUT2D eigenvalue weighted by atomic mass is 32.1. The molecule has 148 valence electrons. The summed E-state index contributed by atoms with van der Waals surface area (Å²) in [6.45, 7) is 3.32. The molecule has 2 heterocycles. The van der Waals surface area contributed by atoms with Gasteiger partial charge in [-0.05, 0) is 24.3 Å². The number of thiazole rings is 1. The van der Waals surface area contributed by atoms with Crippen molar-refractivity contribution in [3.63, 3.8) is 0 Å². The first-order chi connectivity index (χ1) is 14.0. The molecule has 0 aliphatic heterocycles. The molecular formula is C19H15N3O6S. The third-order valence-electron chi connectivity index (χ3n) is 3.76. The lowest BCUT2D eigenvalue weighted by Gasteiger charge is -2.17. The molecule has 0 radical (unpaired) electrons. The van der Waals surface area contributed by atoms with Crippen molar-refractivity contribution in [3.05, 3.63) is 76.6 Å². The van der Waals surface area contributed by atoms with E-state index in [0.29, 0.717) is 16.4 Å². The van der Waals surface area contributed by atoms with Crippen LogP contribution in [0.3, 0.4) is 0 Å².